The van der Waals surface area contributed by atoms with Crippen LogP contribution in [0.25, 0.3) is 0 Å². The number of esters is 1. The smallest absolute Gasteiger partial charge is 0.310 e. The molecule has 13 heavy (non-hydrogen) atoms. The van der Waals surface area contributed by atoms with E-state index in [-0.39, 0.29) is 11.9 Å². The Labute approximate surface area is 78.6 Å². The van der Waals surface area contributed by atoms with Crippen molar-refractivity contribution in [1.29, 1.82) is 0 Å². The van der Waals surface area contributed by atoms with Gasteiger partial charge in [-0.25, -0.2) is 0 Å². The molecule has 0 saturated carbocycles. The third-order valence-electron chi connectivity index (χ3n) is 1.74. The van der Waals surface area contributed by atoms with Gasteiger partial charge < -0.3 is 10.1 Å². The van der Waals surface area contributed by atoms with Crippen molar-refractivity contribution in [2.75, 3.05) is 13.7 Å². The fraction of sp³-hybridized carbons (Fsp3) is 0.778. The number of ether oxygens (including phenoxy) is 1. The molecule has 0 aromatic heterocycles. The summed E-state index contributed by atoms with van der Waals surface area (Å²) in [5.41, 5.74) is 0. The summed E-state index contributed by atoms with van der Waals surface area (Å²) in [6.07, 6.45) is 1.32. The molecule has 0 saturated heterocycles. The summed E-state index contributed by atoms with van der Waals surface area (Å²) >= 11 is 0. The maximum atomic E-state index is 11.2. The van der Waals surface area contributed by atoms with Gasteiger partial charge in [-0.15, -0.1) is 0 Å². The maximum absolute atomic E-state index is 11.2. The fourth-order valence-corrected chi connectivity index (χ4v) is 1.19. The van der Waals surface area contributed by atoms with Gasteiger partial charge in [0.2, 0.25) is 6.41 Å². The molecule has 76 valence electrons. The summed E-state index contributed by atoms with van der Waals surface area (Å²) in [4.78, 5) is 21.2. The Bertz CT molecular complexity index is 168. The minimum Gasteiger partial charge on any atom is -0.469 e. The highest BCUT2D eigenvalue weighted by molar-refractivity contribution is 5.72. The normalized spacial score (nSPS) is 12.3. The summed E-state index contributed by atoms with van der Waals surface area (Å²) in [5.74, 6) is -0.0733. The highest BCUT2D eigenvalue weighted by Crippen LogP contribution is 2.12. The quantitative estimate of drug-likeness (QED) is 0.488. The number of carbonyl (C=O) groups excluding carboxylic acids is 2. The molecule has 0 fully saturated rings. The lowest BCUT2D eigenvalue weighted by molar-refractivity contribution is -0.145. The van der Waals surface area contributed by atoms with Gasteiger partial charge in [0, 0.05) is 6.54 Å². The van der Waals surface area contributed by atoms with Gasteiger partial charge in [0.1, 0.15) is 0 Å². The number of nitrogens with one attached hydrogen (secondary N) is 1. The molecule has 1 unspecified atom stereocenters. The van der Waals surface area contributed by atoms with Crippen molar-refractivity contribution in [3.8, 4) is 0 Å². The predicted molar refractivity (Wildman–Crippen MR) is 49.0 cm³/mol. The standard InChI is InChI=1S/C9H17NO3/c1-7(2)4-8(5-10-6-11)9(12)13-3/h6-8H,4-5H2,1-3H3,(H,10,11). The molecule has 0 aliphatic rings. The lowest BCUT2D eigenvalue weighted by Gasteiger charge is -2.15. The molecule has 0 aliphatic carbocycles. The van der Waals surface area contributed by atoms with Crippen LogP contribution in [-0.4, -0.2) is 26.0 Å². The van der Waals surface area contributed by atoms with E-state index in [1.165, 1.54) is 7.11 Å². The number of amides is 1. The minimum absolute atomic E-state index is 0.227. The van der Waals surface area contributed by atoms with Crippen molar-refractivity contribution in [1.82, 2.24) is 5.32 Å². The Balaban J connectivity index is 4.01. The van der Waals surface area contributed by atoms with Crippen LogP contribution in [0.4, 0.5) is 0 Å². The van der Waals surface area contributed by atoms with Gasteiger partial charge in [-0.2, -0.15) is 0 Å². The van der Waals surface area contributed by atoms with E-state index in [0.717, 1.165) is 6.42 Å². The average Bonchev–Trinajstić information content (AvgIpc) is 2.10. The minimum atomic E-state index is -0.261. The van der Waals surface area contributed by atoms with Crippen LogP contribution in [0.15, 0.2) is 0 Å². The average molecular weight is 187 g/mol. The van der Waals surface area contributed by atoms with E-state index < -0.39 is 0 Å². The van der Waals surface area contributed by atoms with E-state index in [2.05, 4.69) is 10.1 Å². The second-order valence-electron chi connectivity index (χ2n) is 3.38. The molecular weight excluding hydrogens is 170 g/mol. The molecule has 0 radical (unpaired) electrons. The molecular formula is C9H17NO3. The second kappa shape index (κ2) is 6.46. The largest absolute Gasteiger partial charge is 0.469 e. The fourth-order valence-electron chi connectivity index (χ4n) is 1.19. The summed E-state index contributed by atoms with van der Waals surface area (Å²) < 4.78 is 4.62. The molecule has 4 heteroatoms. The van der Waals surface area contributed by atoms with Crippen LogP contribution in [0.2, 0.25) is 0 Å². The number of methoxy groups -OCH3 is 1. The lowest BCUT2D eigenvalue weighted by Crippen LogP contribution is -2.29. The molecule has 4 nitrogen and oxygen atoms in total. The second-order valence-corrected chi connectivity index (χ2v) is 3.38. The van der Waals surface area contributed by atoms with E-state index >= 15 is 0 Å². The van der Waals surface area contributed by atoms with Crippen LogP contribution in [0.3, 0.4) is 0 Å². The van der Waals surface area contributed by atoms with Crippen LogP contribution in [0.1, 0.15) is 20.3 Å². The van der Waals surface area contributed by atoms with Crippen LogP contribution in [0, 0.1) is 11.8 Å². The molecule has 0 spiro atoms. The van der Waals surface area contributed by atoms with E-state index in [0.29, 0.717) is 18.9 Å². The molecule has 1 amide bonds. The van der Waals surface area contributed by atoms with E-state index in [9.17, 15) is 9.59 Å². The van der Waals surface area contributed by atoms with Crippen LogP contribution in [0.5, 0.6) is 0 Å². The zero-order valence-electron chi connectivity index (χ0n) is 8.37. The van der Waals surface area contributed by atoms with E-state index in [4.69, 9.17) is 0 Å². The van der Waals surface area contributed by atoms with Crippen molar-refractivity contribution >= 4 is 12.4 Å². The summed E-state index contributed by atoms with van der Waals surface area (Å²) in [6, 6.07) is 0. The molecule has 0 aromatic rings. The SMILES string of the molecule is COC(=O)C(CNC=O)CC(C)C. The molecule has 1 atom stereocenters. The van der Waals surface area contributed by atoms with Crippen LogP contribution < -0.4 is 5.32 Å². The molecule has 0 rings (SSSR count). The summed E-state index contributed by atoms with van der Waals surface area (Å²) in [7, 11) is 1.36. The zero-order chi connectivity index (χ0) is 10.3. The maximum Gasteiger partial charge on any atom is 0.310 e. The molecule has 0 heterocycles. The Morgan fingerprint density at radius 1 is 1.54 bits per heavy atom. The van der Waals surface area contributed by atoms with Crippen LogP contribution in [-0.2, 0) is 14.3 Å². The van der Waals surface area contributed by atoms with Gasteiger partial charge in [0.05, 0.1) is 13.0 Å². The molecule has 0 aliphatic heterocycles. The Morgan fingerprint density at radius 2 is 2.15 bits per heavy atom. The Kier molecular flexibility index (Phi) is 5.93. The monoisotopic (exact) mass is 187 g/mol. The topological polar surface area (TPSA) is 55.4 Å². The highest BCUT2D eigenvalue weighted by atomic mass is 16.5. The van der Waals surface area contributed by atoms with Gasteiger partial charge in [-0.3, -0.25) is 9.59 Å². The van der Waals surface area contributed by atoms with Crippen molar-refractivity contribution in [3.63, 3.8) is 0 Å². The first-order chi connectivity index (χ1) is 6.11. The van der Waals surface area contributed by atoms with Gasteiger partial charge in [-0.05, 0) is 12.3 Å². The third kappa shape index (κ3) is 5.22. The number of rotatable bonds is 6. The van der Waals surface area contributed by atoms with Gasteiger partial charge in [0.25, 0.3) is 0 Å². The third-order valence-corrected chi connectivity index (χ3v) is 1.74. The van der Waals surface area contributed by atoms with Gasteiger partial charge in [-0.1, -0.05) is 13.8 Å². The first-order valence-corrected chi connectivity index (χ1v) is 4.36. The van der Waals surface area contributed by atoms with Crippen molar-refractivity contribution < 1.29 is 14.3 Å². The molecule has 1 N–H and O–H groups in total. The first-order valence-electron chi connectivity index (χ1n) is 4.36. The van der Waals surface area contributed by atoms with Crippen molar-refractivity contribution in [2.24, 2.45) is 11.8 Å². The first kappa shape index (κ1) is 11.9. The van der Waals surface area contributed by atoms with E-state index in [1.54, 1.807) is 0 Å². The van der Waals surface area contributed by atoms with E-state index in [1.807, 2.05) is 13.8 Å². The van der Waals surface area contributed by atoms with Crippen molar-refractivity contribution in [3.05, 3.63) is 0 Å². The Hall–Kier alpha value is -1.06. The summed E-state index contributed by atoms with van der Waals surface area (Å²) in [5, 5.41) is 2.49. The summed E-state index contributed by atoms with van der Waals surface area (Å²) in [6.45, 7) is 4.40. The van der Waals surface area contributed by atoms with Gasteiger partial charge in [0.15, 0.2) is 0 Å². The highest BCUT2D eigenvalue weighted by Gasteiger charge is 2.19. The number of hydrogen-bond acceptors (Lipinski definition) is 3. The Morgan fingerprint density at radius 3 is 2.54 bits per heavy atom. The molecule has 0 bridgehead atoms. The van der Waals surface area contributed by atoms with Crippen molar-refractivity contribution in [2.45, 2.75) is 20.3 Å². The number of carbonyl (C=O) groups is 2. The number of hydrogen-bond donors (Lipinski definition) is 1. The zero-order valence-corrected chi connectivity index (χ0v) is 8.37. The molecule has 0 aromatic carbocycles. The predicted octanol–water partition coefficient (Wildman–Crippen LogP) is 0.568. The van der Waals surface area contributed by atoms with Crippen LogP contribution >= 0.6 is 0 Å². The lowest BCUT2D eigenvalue weighted by atomic mass is 9.97. The van der Waals surface area contributed by atoms with Gasteiger partial charge >= 0.3 is 5.97 Å².